The number of hydrogen-bond donors (Lipinski definition) is 2. The molecule has 22 heavy (non-hydrogen) atoms. The smallest absolute Gasteiger partial charge is 0.315 e. The Kier molecular flexibility index (Phi) is 5.35. The number of nitrogens with one attached hydrogen (secondary N) is 2. The third-order valence-electron chi connectivity index (χ3n) is 2.94. The molecule has 0 aliphatic heterocycles. The molecule has 1 heterocycles. The monoisotopic (exact) mass is 304 g/mol. The summed E-state index contributed by atoms with van der Waals surface area (Å²) in [5.74, 6) is 1.73. The van der Waals surface area contributed by atoms with E-state index in [2.05, 4.69) is 20.8 Å². The van der Waals surface area contributed by atoms with Crippen molar-refractivity contribution in [2.75, 3.05) is 6.61 Å². The van der Waals surface area contributed by atoms with E-state index in [1.54, 1.807) is 6.92 Å². The van der Waals surface area contributed by atoms with E-state index in [0.29, 0.717) is 18.3 Å². The molecule has 118 valence electrons. The van der Waals surface area contributed by atoms with Crippen LogP contribution in [-0.4, -0.2) is 28.8 Å². The van der Waals surface area contributed by atoms with Crippen molar-refractivity contribution in [2.45, 2.75) is 33.4 Å². The Morgan fingerprint density at radius 3 is 2.82 bits per heavy atom. The summed E-state index contributed by atoms with van der Waals surface area (Å²) in [5, 5.41) is 9.15. The average Bonchev–Trinajstić information content (AvgIpc) is 2.90. The maximum absolute atomic E-state index is 11.7. The topological polar surface area (TPSA) is 89.3 Å². The second-order valence-electron chi connectivity index (χ2n) is 5.03. The van der Waals surface area contributed by atoms with Gasteiger partial charge in [-0.05, 0) is 25.5 Å². The third kappa shape index (κ3) is 4.76. The van der Waals surface area contributed by atoms with Crippen LogP contribution < -0.4 is 15.4 Å². The van der Waals surface area contributed by atoms with E-state index in [-0.39, 0.29) is 18.6 Å². The average molecular weight is 304 g/mol. The molecule has 7 nitrogen and oxygen atoms in total. The number of hydrogen-bond acceptors (Lipinski definition) is 5. The van der Waals surface area contributed by atoms with Crippen LogP contribution in [0.5, 0.6) is 5.75 Å². The predicted octanol–water partition coefficient (Wildman–Crippen LogP) is 1.95. The molecule has 0 fully saturated rings. The number of nitrogens with zero attached hydrogens (tertiary/aromatic N) is 2. The van der Waals surface area contributed by atoms with Crippen molar-refractivity contribution in [3.63, 3.8) is 0 Å². The molecule has 1 aromatic carbocycles. The van der Waals surface area contributed by atoms with E-state index >= 15 is 0 Å². The van der Waals surface area contributed by atoms with Gasteiger partial charge in [-0.3, -0.25) is 0 Å². The molecule has 0 saturated carbocycles. The van der Waals surface area contributed by atoms with Crippen molar-refractivity contribution < 1.29 is 14.1 Å². The van der Waals surface area contributed by atoms with E-state index in [0.717, 1.165) is 11.3 Å². The van der Waals surface area contributed by atoms with Crippen LogP contribution in [0.15, 0.2) is 28.8 Å². The normalized spacial score (nSPS) is 11.8. The van der Waals surface area contributed by atoms with Crippen LogP contribution in [0.2, 0.25) is 0 Å². The lowest BCUT2D eigenvalue weighted by atomic mass is 10.2. The van der Waals surface area contributed by atoms with Crippen LogP contribution in [0.1, 0.15) is 24.2 Å². The van der Waals surface area contributed by atoms with Crippen LogP contribution in [0, 0.1) is 13.8 Å². The van der Waals surface area contributed by atoms with Gasteiger partial charge in [0.2, 0.25) is 5.89 Å². The summed E-state index contributed by atoms with van der Waals surface area (Å²) in [4.78, 5) is 15.8. The highest BCUT2D eigenvalue weighted by Crippen LogP contribution is 2.16. The van der Waals surface area contributed by atoms with Gasteiger partial charge in [0.1, 0.15) is 12.4 Å². The summed E-state index contributed by atoms with van der Waals surface area (Å²) in [5.41, 5.74) is 1.06. The molecule has 1 atom stereocenters. The highest BCUT2D eigenvalue weighted by atomic mass is 16.5. The van der Waals surface area contributed by atoms with Gasteiger partial charge in [-0.1, -0.05) is 23.4 Å². The molecule has 0 bridgehead atoms. The first kappa shape index (κ1) is 15.8. The maximum Gasteiger partial charge on any atom is 0.315 e. The lowest BCUT2D eigenvalue weighted by Crippen LogP contribution is -2.43. The number of aromatic nitrogens is 2. The van der Waals surface area contributed by atoms with Crippen molar-refractivity contribution in [2.24, 2.45) is 0 Å². The molecule has 0 unspecified atom stereocenters. The number of ether oxygens (including phenoxy) is 1. The van der Waals surface area contributed by atoms with Gasteiger partial charge in [0.05, 0.1) is 12.6 Å². The quantitative estimate of drug-likeness (QED) is 0.851. The Morgan fingerprint density at radius 2 is 2.14 bits per heavy atom. The van der Waals surface area contributed by atoms with Gasteiger partial charge in [0.15, 0.2) is 5.82 Å². The molecule has 0 aliphatic carbocycles. The van der Waals surface area contributed by atoms with Gasteiger partial charge in [0, 0.05) is 6.92 Å². The fourth-order valence-corrected chi connectivity index (χ4v) is 1.82. The Morgan fingerprint density at radius 1 is 1.36 bits per heavy atom. The SMILES string of the molecule is Cc1nc(CNC(=O)N[C@@H](C)COc2ccccc2C)no1. The van der Waals surface area contributed by atoms with Gasteiger partial charge in [-0.15, -0.1) is 0 Å². The van der Waals surface area contributed by atoms with Crippen molar-refractivity contribution in [3.05, 3.63) is 41.5 Å². The first-order chi connectivity index (χ1) is 10.5. The second kappa shape index (κ2) is 7.44. The van der Waals surface area contributed by atoms with Crippen molar-refractivity contribution in [1.29, 1.82) is 0 Å². The van der Waals surface area contributed by atoms with Gasteiger partial charge in [-0.25, -0.2) is 4.79 Å². The number of aryl methyl sites for hydroxylation is 2. The van der Waals surface area contributed by atoms with Gasteiger partial charge in [0.25, 0.3) is 0 Å². The summed E-state index contributed by atoms with van der Waals surface area (Å²) in [7, 11) is 0. The number of benzene rings is 1. The molecule has 7 heteroatoms. The molecule has 0 saturated heterocycles. The largest absolute Gasteiger partial charge is 0.491 e. The predicted molar refractivity (Wildman–Crippen MR) is 80.5 cm³/mol. The zero-order valence-corrected chi connectivity index (χ0v) is 12.9. The highest BCUT2D eigenvalue weighted by molar-refractivity contribution is 5.74. The van der Waals surface area contributed by atoms with Gasteiger partial charge in [-0.2, -0.15) is 4.98 Å². The molecule has 1 aromatic heterocycles. The molecule has 2 amide bonds. The second-order valence-corrected chi connectivity index (χ2v) is 5.03. The number of urea groups is 1. The fourth-order valence-electron chi connectivity index (χ4n) is 1.82. The Balaban J connectivity index is 1.71. The standard InChI is InChI=1S/C15H20N4O3/c1-10-6-4-5-7-13(10)21-9-11(2)17-15(20)16-8-14-18-12(3)22-19-14/h4-7,11H,8-9H2,1-3H3,(H2,16,17,20)/t11-/m0/s1. The zero-order chi connectivity index (χ0) is 15.9. The molecule has 2 aromatic rings. The van der Waals surface area contributed by atoms with E-state index < -0.39 is 0 Å². The van der Waals surface area contributed by atoms with Crippen LogP contribution in [0.4, 0.5) is 4.79 Å². The summed E-state index contributed by atoms with van der Waals surface area (Å²) < 4.78 is 10.5. The van der Waals surface area contributed by atoms with Crippen molar-refractivity contribution in [1.82, 2.24) is 20.8 Å². The van der Waals surface area contributed by atoms with Crippen LogP contribution in [0.3, 0.4) is 0 Å². The maximum atomic E-state index is 11.7. The van der Waals surface area contributed by atoms with Crippen LogP contribution >= 0.6 is 0 Å². The summed E-state index contributed by atoms with van der Waals surface area (Å²) in [6.07, 6.45) is 0. The third-order valence-corrected chi connectivity index (χ3v) is 2.94. The molecule has 2 N–H and O–H groups in total. The minimum Gasteiger partial charge on any atom is -0.491 e. The summed E-state index contributed by atoms with van der Waals surface area (Å²) in [6.45, 7) is 6.15. The molecule has 0 aliphatic rings. The van der Waals surface area contributed by atoms with Gasteiger partial charge >= 0.3 is 6.03 Å². The van der Waals surface area contributed by atoms with Gasteiger partial charge < -0.3 is 19.9 Å². The summed E-state index contributed by atoms with van der Waals surface area (Å²) >= 11 is 0. The van der Waals surface area contributed by atoms with E-state index in [1.165, 1.54) is 0 Å². The molecular weight excluding hydrogens is 284 g/mol. The first-order valence-corrected chi connectivity index (χ1v) is 7.06. The van der Waals surface area contributed by atoms with Crippen LogP contribution in [0.25, 0.3) is 0 Å². The number of rotatable bonds is 6. The minimum atomic E-state index is -0.302. The fraction of sp³-hybridized carbons (Fsp3) is 0.400. The van der Waals surface area contributed by atoms with Crippen LogP contribution in [-0.2, 0) is 6.54 Å². The molecular formula is C15H20N4O3. The lowest BCUT2D eigenvalue weighted by Gasteiger charge is -2.16. The van der Waals surface area contributed by atoms with Crippen molar-refractivity contribution in [3.8, 4) is 5.75 Å². The van der Waals surface area contributed by atoms with Crippen molar-refractivity contribution >= 4 is 6.03 Å². The number of carbonyl (C=O) groups is 1. The molecule has 0 radical (unpaired) electrons. The van der Waals surface area contributed by atoms with E-state index in [9.17, 15) is 4.79 Å². The minimum absolute atomic E-state index is 0.133. The Labute approximate surface area is 129 Å². The Bertz CT molecular complexity index is 627. The number of carbonyl (C=O) groups excluding carboxylic acids is 1. The zero-order valence-electron chi connectivity index (χ0n) is 12.9. The lowest BCUT2D eigenvalue weighted by molar-refractivity contribution is 0.225. The highest BCUT2D eigenvalue weighted by Gasteiger charge is 2.10. The first-order valence-electron chi connectivity index (χ1n) is 7.06. The van der Waals surface area contributed by atoms with E-state index in [4.69, 9.17) is 9.26 Å². The number of amides is 2. The number of para-hydroxylation sites is 1. The van der Waals surface area contributed by atoms with E-state index in [1.807, 2.05) is 38.1 Å². The summed E-state index contributed by atoms with van der Waals surface area (Å²) in [6, 6.07) is 7.32. The molecule has 2 rings (SSSR count). The Hall–Kier alpha value is -2.57. The molecule has 0 spiro atoms.